The van der Waals surface area contributed by atoms with E-state index in [2.05, 4.69) is 11.4 Å². The molecule has 1 amide bonds. The molecule has 2 aromatic rings. The van der Waals surface area contributed by atoms with Crippen LogP contribution in [0.1, 0.15) is 49.9 Å². The Morgan fingerprint density at radius 2 is 1.96 bits per heavy atom. The highest BCUT2D eigenvalue weighted by molar-refractivity contribution is 5.81. The predicted octanol–water partition coefficient (Wildman–Crippen LogP) is 4.49. The Hall–Kier alpha value is -2.49. The first kappa shape index (κ1) is 18.3. The third-order valence-electron chi connectivity index (χ3n) is 4.70. The van der Waals surface area contributed by atoms with Gasteiger partial charge in [-0.15, -0.1) is 0 Å². The molecule has 0 saturated heterocycles. The van der Waals surface area contributed by atoms with Crippen LogP contribution in [0.15, 0.2) is 42.5 Å². The summed E-state index contributed by atoms with van der Waals surface area (Å²) in [6, 6.07) is 13.7. The molecule has 1 aliphatic rings. The van der Waals surface area contributed by atoms with Crippen LogP contribution in [0.5, 0.6) is 11.5 Å². The molecular formula is C22H27NO3. The molecule has 0 fully saturated rings. The van der Waals surface area contributed by atoms with Gasteiger partial charge in [-0.25, -0.2) is 0 Å². The van der Waals surface area contributed by atoms with Gasteiger partial charge in [0.05, 0.1) is 6.04 Å². The molecule has 0 aromatic heterocycles. The minimum Gasteiger partial charge on any atom is -0.487 e. The van der Waals surface area contributed by atoms with Crippen molar-refractivity contribution in [1.82, 2.24) is 5.32 Å². The fraction of sp³-hybridized carbons (Fsp3) is 0.409. The van der Waals surface area contributed by atoms with Crippen LogP contribution in [0.2, 0.25) is 0 Å². The number of ether oxygens (including phenoxy) is 2. The smallest absolute Gasteiger partial charge is 0.261 e. The van der Waals surface area contributed by atoms with Crippen molar-refractivity contribution in [1.29, 1.82) is 0 Å². The number of hydrogen-bond donors (Lipinski definition) is 1. The number of hydrogen-bond acceptors (Lipinski definition) is 3. The molecule has 4 nitrogen and oxygen atoms in total. The Balaban J connectivity index is 1.73. The summed E-state index contributed by atoms with van der Waals surface area (Å²) in [6.45, 7) is 9.89. The van der Waals surface area contributed by atoms with Crippen LogP contribution in [0.4, 0.5) is 0 Å². The highest BCUT2D eigenvalue weighted by Gasteiger charge is 2.35. The lowest BCUT2D eigenvalue weighted by Crippen LogP contribution is -2.44. The second kappa shape index (κ2) is 7.02. The van der Waals surface area contributed by atoms with E-state index in [4.69, 9.17) is 9.47 Å². The van der Waals surface area contributed by atoms with E-state index in [1.807, 2.05) is 64.1 Å². The second-order valence-corrected chi connectivity index (χ2v) is 7.69. The number of fused-ring (bicyclic) bond motifs is 1. The van der Waals surface area contributed by atoms with Crippen LogP contribution in [0.3, 0.4) is 0 Å². The quantitative estimate of drug-likeness (QED) is 0.881. The standard InChI is InChI=1S/C22H27NO3/c1-14-10-11-19(15(2)12-14)25-16(3)21(24)23-18-13-22(4,5)26-20-9-7-6-8-17(18)20/h6-12,16,18H,13H2,1-5H3,(H,23,24)/t16-,18-/m1/s1. The van der Waals surface area contributed by atoms with Crippen LogP contribution in [-0.4, -0.2) is 17.6 Å². The molecule has 2 atom stereocenters. The maximum absolute atomic E-state index is 12.7. The maximum Gasteiger partial charge on any atom is 0.261 e. The number of benzene rings is 2. The lowest BCUT2D eigenvalue weighted by Gasteiger charge is -2.38. The van der Waals surface area contributed by atoms with E-state index in [1.165, 1.54) is 5.56 Å². The fourth-order valence-electron chi connectivity index (χ4n) is 3.40. The predicted molar refractivity (Wildman–Crippen MR) is 103 cm³/mol. The van der Waals surface area contributed by atoms with E-state index in [0.717, 1.165) is 22.6 Å². The molecule has 0 aliphatic carbocycles. The number of carbonyl (C=O) groups excluding carboxylic acids is 1. The first-order valence-corrected chi connectivity index (χ1v) is 9.07. The summed E-state index contributed by atoms with van der Waals surface area (Å²) in [4.78, 5) is 12.7. The van der Waals surface area contributed by atoms with Crippen LogP contribution in [-0.2, 0) is 4.79 Å². The van der Waals surface area contributed by atoms with Crippen molar-refractivity contribution in [3.63, 3.8) is 0 Å². The van der Waals surface area contributed by atoms with Gasteiger partial charge in [-0.05, 0) is 52.3 Å². The molecule has 1 aliphatic heterocycles. The average molecular weight is 353 g/mol. The summed E-state index contributed by atoms with van der Waals surface area (Å²) < 4.78 is 11.9. The number of nitrogens with one attached hydrogen (secondary N) is 1. The Morgan fingerprint density at radius 1 is 1.23 bits per heavy atom. The minimum atomic E-state index is -0.575. The van der Waals surface area contributed by atoms with Gasteiger partial charge in [-0.3, -0.25) is 4.79 Å². The van der Waals surface area contributed by atoms with Crippen LogP contribution >= 0.6 is 0 Å². The van der Waals surface area contributed by atoms with Gasteiger partial charge in [0.1, 0.15) is 17.1 Å². The second-order valence-electron chi connectivity index (χ2n) is 7.69. The van der Waals surface area contributed by atoms with E-state index >= 15 is 0 Å². The van der Waals surface area contributed by atoms with E-state index in [9.17, 15) is 4.79 Å². The number of carbonyl (C=O) groups is 1. The molecule has 3 rings (SSSR count). The zero-order valence-electron chi connectivity index (χ0n) is 16.1. The largest absolute Gasteiger partial charge is 0.487 e. The van der Waals surface area contributed by atoms with Gasteiger partial charge in [0.15, 0.2) is 6.10 Å². The summed E-state index contributed by atoms with van der Waals surface area (Å²) >= 11 is 0. The van der Waals surface area contributed by atoms with Gasteiger partial charge in [0.2, 0.25) is 0 Å². The van der Waals surface area contributed by atoms with Crippen molar-refractivity contribution in [2.75, 3.05) is 0 Å². The number of amides is 1. The Kier molecular flexibility index (Phi) is 4.94. The van der Waals surface area contributed by atoms with Crippen molar-refractivity contribution < 1.29 is 14.3 Å². The first-order chi connectivity index (χ1) is 12.2. The molecule has 4 heteroatoms. The van der Waals surface area contributed by atoms with Gasteiger partial charge < -0.3 is 14.8 Å². The maximum atomic E-state index is 12.7. The zero-order valence-corrected chi connectivity index (χ0v) is 16.1. The summed E-state index contributed by atoms with van der Waals surface area (Å²) in [5, 5.41) is 3.14. The van der Waals surface area contributed by atoms with E-state index in [0.29, 0.717) is 6.42 Å². The van der Waals surface area contributed by atoms with Crippen molar-refractivity contribution in [2.24, 2.45) is 0 Å². The van der Waals surface area contributed by atoms with Crippen LogP contribution in [0.25, 0.3) is 0 Å². The fourth-order valence-corrected chi connectivity index (χ4v) is 3.40. The summed E-state index contributed by atoms with van der Waals surface area (Å²) in [7, 11) is 0. The molecule has 0 unspecified atom stereocenters. The molecule has 26 heavy (non-hydrogen) atoms. The molecule has 0 spiro atoms. The average Bonchev–Trinajstić information content (AvgIpc) is 2.56. The normalized spacial score (nSPS) is 19.0. The third kappa shape index (κ3) is 4.01. The van der Waals surface area contributed by atoms with E-state index < -0.39 is 6.10 Å². The van der Waals surface area contributed by atoms with Crippen LogP contribution < -0.4 is 14.8 Å². The molecule has 1 heterocycles. The van der Waals surface area contributed by atoms with Crippen LogP contribution in [0, 0.1) is 13.8 Å². The van der Waals surface area contributed by atoms with E-state index in [1.54, 1.807) is 6.92 Å². The minimum absolute atomic E-state index is 0.0902. The third-order valence-corrected chi connectivity index (χ3v) is 4.70. The van der Waals surface area contributed by atoms with Gasteiger partial charge in [0.25, 0.3) is 5.91 Å². The SMILES string of the molecule is Cc1ccc(O[C@H](C)C(=O)N[C@@H]2CC(C)(C)Oc3ccccc32)c(C)c1. The summed E-state index contributed by atoms with van der Waals surface area (Å²) in [5.41, 5.74) is 2.89. The highest BCUT2D eigenvalue weighted by Crippen LogP contribution is 2.39. The lowest BCUT2D eigenvalue weighted by molar-refractivity contribution is -0.128. The van der Waals surface area contributed by atoms with Crippen molar-refractivity contribution in [3.05, 3.63) is 59.2 Å². The van der Waals surface area contributed by atoms with E-state index in [-0.39, 0.29) is 17.6 Å². The number of aryl methyl sites for hydroxylation is 2. The molecule has 2 aromatic carbocycles. The van der Waals surface area contributed by atoms with Gasteiger partial charge in [0, 0.05) is 12.0 Å². The molecule has 138 valence electrons. The van der Waals surface area contributed by atoms with Crippen molar-refractivity contribution >= 4 is 5.91 Å². The zero-order chi connectivity index (χ0) is 18.9. The van der Waals surface area contributed by atoms with Crippen molar-refractivity contribution in [3.8, 4) is 11.5 Å². The molecule has 0 bridgehead atoms. The Morgan fingerprint density at radius 3 is 2.69 bits per heavy atom. The molecular weight excluding hydrogens is 326 g/mol. The highest BCUT2D eigenvalue weighted by atomic mass is 16.5. The van der Waals surface area contributed by atoms with Gasteiger partial charge >= 0.3 is 0 Å². The Bertz CT molecular complexity index is 813. The van der Waals surface area contributed by atoms with Crippen molar-refractivity contribution in [2.45, 2.75) is 58.8 Å². The van der Waals surface area contributed by atoms with Gasteiger partial charge in [-0.2, -0.15) is 0 Å². The molecule has 0 saturated carbocycles. The van der Waals surface area contributed by atoms with Gasteiger partial charge in [-0.1, -0.05) is 35.9 Å². The molecule has 0 radical (unpaired) electrons. The summed E-state index contributed by atoms with van der Waals surface area (Å²) in [5.74, 6) is 1.45. The Labute approximate surface area is 155 Å². The first-order valence-electron chi connectivity index (χ1n) is 9.07. The number of para-hydroxylation sites is 1. The summed E-state index contributed by atoms with van der Waals surface area (Å²) in [6.07, 6.45) is 0.140. The number of rotatable bonds is 4. The topological polar surface area (TPSA) is 47.6 Å². The molecule has 1 N–H and O–H groups in total. The lowest BCUT2D eigenvalue weighted by atomic mass is 9.89. The monoisotopic (exact) mass is 353 g/mol.